The van der Waals surface area contributed by atoms with Gasteiger partial charge in [-0.2, -0.15) is 5.10 Å². The number of aliphatic hydroxyl groups excluding tert-OH is 1. The summed E-state index contributed by atoms with van der Waals surface area (Å²) in [4.78, 5) is 12.0. The largest absolute Gasteiger partial charge is 0.497 e. The van der Waals surface area contributed by atoms with Gasteiger partial charge in [0.05, 0.1) is 26.0 Å². The second-order valence-electron chi connectivity index (χ2n) is 6.22. The highest BCUT2D eigenvalue weighted by Gasteiger charge is 2.18. The molecule has 1 amide bonds. The number of hydrogen-bond donors (Lipinski definition) is 2. The van der Waals surface area contributed by atoms with Crippen molar-refractivity contribution in [1.82, 2.24) is 9.78 Å². The molecule has 2 rings (SSSR count). The number of amides is 1. The molecule has 0 bridgehead atoms. The molecule has 0 aliphatic rings. The minimum absolute atomic E-state index is 0.0950. The number of nitrogens with zero attached hydrogens (tertiary/aromatic N) is 2. The molecule has 0 unspecified atom stereocenters. The van der Waals surface area contributed by atoms with Gasteiger partial charge < -0.3 is 14.6 Å². The Morgan fingerprint density at radius 1 is 1.33 bits per heavy atom. The van der Waals surface area contributed by atoms with Crippen LogP contribution in [0.3, 0.4) is 0 Å². The van der Waals surface area contributed by atoms with Crippen molar-refractivity contribution in [3.63, 3.8) is 0 Å². The second kappa shape index (κ2) is 7.35. The van der Waals surface area contributed by atoms with Crippen LogP contribution in [-0.4, -0.2) is 40.3 Å². The van der Waals surface area contributed by atoms with Gasteiger partial charge in [0, 0.05) is 11.6 Å². The third kappa shape index (κ3) is 4.73. The molecule has 1 aromatic carbocycles. The molecule has 0 atom stereocenters. The van der Waals surface area contributed by atoms with Crippen molar-refractivity contribution in [1.29, 1.82) is 0 Å². The number of aromatic nitrogens is 2. The standard InChI is InChI=1S/C17H23N3O4/c1-17(2,3)24-16(22)18-15-11-14(19-20(15)8-9-21)12-6-5-7-13(10-12)23-4/h5-7,10-11,21H,8-9H2,1-4H3,(H,18,22). The number of carbonyl (C=O) groups is 1. The maximum absolute atomic E-state index is 12.0. The van der Waals surface area contributed by atoms with Crippen LogP contribution < -0.4 is 10.1 Å². The van der Waals surface area contributed by atoms with Crippen molar-refractivity contribution in [3.05, 3.63) is 30.3 Å². The summed E-state index contributed by atoms with van der Waals surface area (Å²) in [6.45, 7) is 5.54. The quantitative estimate of drug-likeness (QED) is 0.879. The van der Waals surface area contributed by atoms with Gasteiger partial charge >= 0.3 is 6.09 Å². The van der Waals surface area contributed by atoms with Crippen LogP contribution in [0.2, 0.25) is 0 Å². The predicted molar refractivity (Wildman–Crippen MR) is 91.2 cm³/mol. The van der Waals surface area contributed by atoms with Gasteiger partial charge in [-0.1, -0.05) is 12.1 Å². The van der Waals surface area contributed by atoms with Crippen molar-refractivity contribution in [2.75, 3.05) is 19.0 Å². The maximum atomic E-state index is 12.0. The summed E-state index contributed by atoms with van der Waals surface area (Å²) in [5.74, 6) is 1.17. The molecule has 1 heterocycles. The van der Waals surface area contributed by atoms with Gasteiger partial charge in [0.1, 0.15) is 17.2 Å². The van der Waals surface area contributed by atoms with E-state index in [9.17, 15) is 9.90 Å². The molecular weight excluding hydrogens is 310 g/mol. The Bertz CT molecular complexity index is 704. The zero-order valence-electron chi connectivity index (χ0n) is 14.4. The summed E-state index contributed by atoms with van der Waals surface area (Å²) in [6, 6.07) is 9.18. The highest BCUT2D eigenvalue weighted by atomic mass is 16.6. The van der Waals surface area contributed by atoms with E-state index in [0.29, 0.717) is 17.3 Å². The van der Waals surface area contributed by atoms with Crippen molar-refractivity contribution in [2.45, 2.75) is 32.9 Å². The topological polar surface area (TPSA) is 85.6 Å². The molecule has 1 aromatic heterocycles. The lowest BCUT2D eigenvalue weighted by Gasteiger charge is -2.19. The molecule has 130 valence electrons. The molecule has 0 aliphatic carbocycles. The maximum Gasteiger partial charge on any atom is 0.413 e. The zero-order valence-corrected chi connectivity index (χ0v) is 14.4. The third-order valence-electron chi connectivity index (χ3n) is 3.09. The van der Waals surface area contributed by atoms with Crippen LogP contribution in [-0.2, 0) is 11.3 Å². The first-order chi connectivity index (χ1) is 11.3. The van der Waals surface area contributed by atoms with Crippen LogP contribution in [0.25, 0.3) is 11.3 Å². The molecule has 2 N–H and O–H groups in total. The lowest BCUT2D eigenvalue weighted by atomic mass is 10.1. The number of rotatable bonds is 5. The fourth-order valence-corrected chi connectivity index (χ4v) is 2.11. The zero-order chi connectivity index (χ0) is 17.7. The van der Waals surface area contributed by atoms with Crippen LogP contribution in [0.15, 0.2) is 30.3 Å². The van der Waals surface area contributed by atoms with Gasteiger partial charge in [-0.05, 0) is 32.9 Å². The SMILES string of the molecule is COc1cccc(-c2cc(NC(=O)OC(C)(C)C)n(CCO)n2)c1. The van der Waals surface area contributed by atoms with Crippen LogP contribution in [0.1, 0.15) is 20.8 Å². The van der Waals surface area contributed by atoms with E-state index in [4.69, 9.17) is 9.47 Å². The molecule has 7 heteroatoms. The molecule has 0 saturated carbocycles. The highest BCUT2D eigenvalue weighted by Crippen LogP contribution is 2.25. The lowest BCUT2D eigenvalue weighted by Crippen LogP contribution is -2.28. The number of ether oxygens (including phenoxy) is 2. The van der Waals surface area contributed by atoms with E-state index >= 15 is 0 Å². The molecule has 0 aliphatic heterocycles. The van der Waals surface area contributed by atoms with E-state index < -0.39 is 11.7 Å². The number of hydrogen-bond acceptors (Lipinski definition) is 5. The molecule has 0 saturated heterocycles. The fourth-order valence-electron chi connectivity index (χ4n) is 2.11. The molecular formula is C17H23N3O4. The van der Waals surface area contributed by atoms with E-state index in [1.165, 1.54) is 4.68 Å². The summed E-state index contributed by atoms with van der Waals surface area (Å²) >= 11 is 0. The van der Waals surface area contributed by atoms with Crippen LogP contribution in [0, 0.1) is 0 Å². The number of aliphatic hydroxyl groups is 1. The van der Waals surface area contributed by atoms with Crippen LogP contribution >= 0.6 is 0 Å². The number of carbonyl (C=O) groups excluding carboxylic acids is 1. The number of anilines is 1. The van der Waals surface area contributed by atoms with Gasteiger partial charge in [0.15, 0.2) is 0 Å². The molecule has 2 aromatic rings. The average Bonchev–Trinajstić information content (AvgIpc) is 2.88. The van der Waals surface area contributed by atoms with Crippen molar-refractivity contribution in [2.24, 2.45) is 0 Å². The number of nitrogens with one attached hydrogen (secondary N) is 1. The monoisotopic (exact) mass is 333 g/mol. The van der Waals surface area contributed by atoms with E-state index in [-0.39, 0.29) is 13.2 Å². The Hall–Kier alpha value is -2.54. The highest BCUT2D eigenvalue weighted by molar-refractivity contribution is 5.84. The Morgan fingerprint density at radius 3 is 2.71 bits per heavy atom. The van der Waals surface area contributed by atoms with Gasteiger partial charge in [-0.15, -0.1) is 0 Å². The second-order valence-corrected chi connectivity index (χ2v) is 6.22. The fraction of sp³-hybridized carbons (Fsp3) is 0.412. The first-order valence-corrected chi connectivity index (χ1v) is 7.65. The Morgan fingerprint density at radius 2 is 2.08 bits per heavy atom. The van der Waals surface area contributed by atoms with E-state index in [1.807, 2.05) is 24.3 Å². The lowest BCUT2D eigenvalue weighted by molar-refractivity contribution is 0.0634. The van der Waals surface area contributed by atoms with Crippen molar-refractivity contribution < 1.29 is 19.4 Å². The molecule has 0 fully saturated rings. The average molecular weight is 333 g/mol. The molecule has 0 radical (unpaired) electrons. The first kappa shape index (κ1) is 17.8. The van der Waals surface area contributed by atoms with Crippen LogP contribution in [0.5, 0.6) is 5.75 Å². The minimum Gasteiger partial charge on any atom is -0.497 e. The summed E-state index contributed by atoms with van der Waals surface area (Å²) in [6.07, 6.45) is -0.571. The van der Waals surface area contributed by atoms with Gasteiger partial charge in [-0.25, -0.2) is 9.48 Å². The van der Waals surface area contributed by atoms with Crippen LogP contribution in [0.4, 0.5) is 10.6 Å². The minimum atomic E-state index is -0.596. The summed E-state index contributed by atoms with van der Waals surface area (Å²) in [5.41, 5.74) is 0.910. The van der Waals surface area contributed by atoms with Crippen molar-refractivity contribution in [3.8, 4) is 17.0 Å². The van der Waals surface area contributed by atoms with Gasteiger partial charge in [0.25, 0.3) is 0 Å². The number of methoxy groups -OCH3 is 1. The Labute approximate surface area is 141 Å². The van der Waals surface area contributed by atoms with Gasteiger partial charge in [0.2, 0.25) is 0 Å². The van der Waals surface area contributed by atoms with E-state index in [1.54, 1.807) is 33.9 Å². The predicted octanol–water partition coefficient (Wildman–Crippen LogP) is 2.90. The summed E-state index contributed by atoms with van der Waals surface area (Å²) < 4.78 is 12.0. The summed E-state index contributed by atoms with van der Waals surface area (Å²) in [5, 5.41) is 16.3. The van der Waals surface area contributed by atoms with Gasteiger partial charge in [-0.3, -0.25) is 5.32 Å². The molecule has 24 heavy (non-hydrogen) atoms. The van der Waals surface area contributed by atoms with E-state index in [2.05, 4.69) is 10.4 Å². The molecule has 7 nitrogen and oxygen atoms in total. The van der Waals surface area contributed by atoms with Crippen molar-refractivity contribution >= 4 is 11.9 Å². The summed E-state index contributed by atoms with van der Waals surface area (Å²) in [7, 11) is 1.60. The molecule has 0 spiro atoms. The Balaban J connectivity index is 2.27. The smallest absolute Gasteiger partial charge is 0.413 e. The number of benzene rings is 1. The first-order valence-electron chi connectivity index (χ1n) is 7.65. The third-order valence-corrected chi connectivity index (χ3v) is 3.09. The Kier molecular flexibility index (Phi) is 5.46. The normalized spacial score (nSPS) is 11.2. The van der Waals surface area contributed by atoms with E-state index in [0.717, 1.165) is 5.56 Å².